The molecule has 0 unspecified atom stereocenters. The Morgan fingerprint density at radius 2 is 1.81 bits per heavy atom. The van der Waals surface area contributed by atoms with Gasteiger partial charge in [-0.3, -0.25) is 9.59 Å². The molecular weight excluding hydrogens is 388 g/mol. The first-order valence-electron chi connectivity index (χ1n) is 10.6. The lowest BCUT2D eigenvalue weighted by Gasteiger charge is -2.34. The van der Waals surface area contributed by atoms with Crippen molar-refractivity contribution in [3.63, 3.8) is 0 Å². The van der Waals surface area contributed by atoms with E-state index in [-0.39, 0.29) is 17.9 Å². The van der Waals surface area contributed by atoms with Crippen molar-refractivity contribution in [1.82, 2.24) is 14.9 Å². The second kappa shape index (κ2) is 7.61. The van der Waals surface area contributed by atoms with Gasteiger partial charge in [-0.15, -0.1) is 0 Å². The van der Waals surface area contributed by atoms with E-state index in [4.69, 9.17) is 0 Å². The topological polar surface area (TPSA) is 75.2 Å². The Morgan fingerprint density at radius 3 is 2.58 bits per heavy atom. The average Bonchev–Trinajstić information content (AvgIpc) is 3.32. The minimum atomic E-state index is -0.730. The molecule has 2 atom stereocenters. The number of aryl methyl sites for hydroxylation is 2. The van der Waals surface area contributed by atoms with Gasteiger partial charge >= 0.3 is 0 Å². The van der Waals surface area contributed by atoms with Crippen LogP contribution in [0.25, 0.3) is 0 Å². The maximum absolute atomic E-state index is 13.5. The number of carbonyl (C=O) groups excluding carboxylic acids is 2. The summed E-state index contributed by atoms with van der Waals surface area (Å²) in [4.78, 5) is 37.0. The molecule has 3 heterocycles. The highest BCUT2D eigenvalue weighted by molar-refractivity contribution is 6.08. The summed E-state index contributed by atoms with van der Waals surface area (Å²) in [7, 11) is 0. The SMILES string of the molecule is Cc1ncc(C(=O)N2CC[C@]3(C(=O)Nc4ccccc43)[C@@H]2CCc2ccccc2)cn1. The molecule has 1 saturated heterocycles. The molecule has 1 aromatic heterocycles. The van der Waals surface area contributed by atoms with E-state index in [0.717, 1.165) is 17.7 Å². The number of nitrogens with zero attached hydrogens (tertiary/aromatic N) is 3. The minimum Gasteiger partial charge on any atom is -0.334 e. The Morgan fingerprint density at radius 1 is 1.10 bits per heavy atom. The Kier molecular flexibility index (Phi) is 4.77. The number of aromatic nitrogens is 2. The molecule has 2 aromatic carbocycles. The van der Waals surface area contributed by atoms with Crippen molar-refractivity contribution in [1.29, 1.82) is 0 Å². The lowest BCUT2D eigenvalue weighted by Crippen LogP contribution is -2.49. The molecule has 1 N–H and O–H groups in total. The van der Waals surface area contributed by atoms with Crippen molar-refractivity contribution in [3.8, 4) is 0 Å². The largest absolute Gasteiger partial charge is 0.334 e. The highest BCUT2D eigenvalue weighted by atomic mass is 16.2. The van der Waals surface area contributed by atoms with Crippen LogP contribution in [0.4, 0.5) is 5.69 Å². The molecule has 6 nitrogen and oxygen atoms in total. The molecular formula is C25H24N4O2. The molecule has 31 heavy (non-hydrogen) atoms. The van der Waals surface area contributed by atoms with Crippen LogP contribution in [0.1, 0.15) is 40.2 Å². The number of hydrogen-bond donors (Lipinski definition) is 1. The van der Waals surface area contributed by atoms with Gasteiger partial charge in [-0.2, -0.15) is 0 Å². The highest BCUT2D eigenvalue weighted by Crippen LogP contribution is 2.49. The zero-order valence-corrected chi connectivity index (χ0v) is 17.4. The molecule has 6 heteroatoms. The van der Waals surface area contributed by atoms with Gasteiger partial charge in [0, 0.05) is 24.6 Å². The maximum Gasteiger partial charge on any atom is 0.257 e. The van der Waals surface area contributed by atoms with Gasteiger partial charge in [-0.1, -0.05) is 48.5 Å². The first-order chi connectivity index (χ1) is 15.1. The summed E-state index contributed by atoms with van der Waals surface area (Å²) in [5, 5.41) is 3.06. The molecule has 0 saturated carbocycles. The average molecular weight is 412 g/mol. The van der Waals surface area contributed by atoms with Gasteiger partial charge in [0.2, 0.25) is 5.91 Å². The van der Waals surface area contributed by atoms with E-state index < -0.39 is 5.41 Å². The van der Waals surface area contributed by atoms with Crippen molar-refractivity contribution in [3.05, 3.63) is 89.5 Å². The van der Waals surface area contributed by atoms with Crippen molar-refractivity contribution >= 4 is 17.5 Å². The second-order valence-electron chi connectivity index (χ2n) is 8.28. The first-order valence-corrected chi connectivity index (χ1v) is 10.6. The van der Waals surface area contributed by atoms with E-state index in [1.807, 2.05) is 47.4 Å². The van der Waals surface area contributed by atoms with E-state index in [9.17, 15) is 9.59 Å². The lowest BCUT2D eigenvalue weighted by atomic mass is 9.73. The van der Waals surface area contributed by atoms with Crippen LogP contribution in [0.5, 0.6) is 0 Å². The van der Waals surface area contributed by atoms with Crippen molar-refractivity contribution in [2.24, 2.45) is 0 Å². The summed E-state index contributed by atoms with van der Waals surface area (Å²) in [6, 6.07) is 17.8. The first kappa shape index (κ1) is 19.4. The summed E-state index contributed by atoms with van der Waals surface area (Å²) in [5.74, 6) is 0.494. The molecule has 2 aliphatic heterocycles. The fraction of sp³-hybridized carbons (Fsp3) is 0.280. The standard InChI is InChI=1S/C25H24N4O2/c1-17-26-15-19(16-27-17)23(30)29-14-13-25(20-9-5-6-10-21(20)28-24(25)31)22(29)12-11-18-7-3-2-4-8-18/h2-10,15-16,22H,11-14H2,1H3,(H,28,31)/t22-,25+/m0/s1. The molecule has 1 fully saturated rings. The van der Waals surface area contributed by atoms with Crippen molar-refractivity contribution in [2.75, 3.05) is 11.9 Å². The smallest absolute Gasteiger partial charge is 0.257 e. The number of para-hydroxylation sites is 1. The van der Waals surface area contributed by atoms with Crippen LogP contribution in [-0.2, 0) is 16.6 Å². The van der Waals surface area contributed by atoms with E-state index >= 15 is 0 Å². The van der Waals surface area contributed by atoms with E-state index in [1.54, 1.807) is 19.3 Å². The number of rotatable bonds is 4. The number of fused-ring (bicyclic) bond motifs is 2. The maximum atomic E-state index is 13.5. The molecule has 0 aliphatic carbocycles. The Labute approximate surface area is 181 Å². The fourth-order valence-corrected chi connectivity index (χ4v) is 5.06. The molecule has 0 bridgehead atoms. The Bertz CT molecular complexity index is 1130. The summed E-state index contributed by atoms with van der Waals surface area (Å²) < 4.78 is 0. The van der Waals surface area contributed by atoms with E-state index in [2.05, 4.69) is 27.4 Å². The third kappa shape index (κ3) is 3.19. The normalized spacial score (nSPS) is 21.9. The predicted molar refractivity (Wildman–Crippen MR) is 118 cm³/mol. The third-order valence-electron chi connectivity index (χ3n) is 6.59. The van der Waals surface area contributed by atoms with Crippen LogP contribution in [0.2, 0.25) is 0 Å². The van der Waals surface area contributed by atoms with E-state index in [1.165, 1.54) is 5.56 Å². The van der Waals surface area contributed by atoms with Gasteiger partial charge in [-0.05, 0) is 43.4 Å². The predicted octanol–water partition coefficient (Wildman–Crippen LogP) is 3.52. The Balaban J connectivity index is 1.53. The molecule has 2 aliphatic rings. The summed E-state index contributed by atoms with van der Waals surface area (Å²) in [5.41, 5.74) is 2.77. The number of anilines is 1. The van der Waals surface area contributed by atoms with Crippen molar-refractivity contribution < 1.29 is 9.59 Å². The minimum absolute atomic E-state index is 0.0118. The third-order valence-corrected chi connectivity index (χ3v) is 6.59. The zero-order chi connectivity index (χ0) is 21.4. The van der Waals surface area contributed by atoms with Crippen LogP contribution in [0, 0.1) is 6.92 Å². The number of hydrogen-bond acceptors (Lipinski definition) is 4. The van der Waals surface area contributed by atoms with E-state index in [0.29, 0.717) is 30.8 Å². The van der Waals surface area contributed by atoms with Gasteiger partial charge in [0.05, 0.1) is 17.0 Å². The number of nitrogens with one attached hydrogen (secondary N) is 1. The van der Waals surface area contributed by atoms with Crippen molar-refractivity contribution in [2.45, 2.75) is 37.6 Å². The summed E-state index contributed by atoms with van der Waals surface area (Å²) >= 11 is 0. The molecule has 2 amide bonds. The van der Waals surface area contributed by atoms with Gasteiger partial charge in [0.15, 0.2) is 0 Å². The summed E-state index contributed by atoms with van der Waals surface area (Å²) in [6.45, 7) is 2.31. The lowest BCUT2D eigenvalue weighted by molar-refractivity contribution is -0.121. The second-order valence-corrected chi connectivity index (χ2v) is 8.28. The number of amides is 2. The van der Waals surface area contributed by atoms with Crippen LogP contribution in [0.3, 0.4) is 0 Å². The molecule has 0 radical (unpaired) electrons. The van der Waals surface area contributed by atoms with Gasteiger partial charge < -0.3 is 10.2 Å². The molecule has 1 spiro atoms. The zero-order valence-electron chi connectivity index (χ0n) is 17.4. The van der Waals surface area contributed by atoms with Crippen LogP contribution in [-0.4, -0.2) is 39.3 Å². The van der Waals surface area contributed by atoms with Crippen LogP contribution >= 0.6 is 0 Å². The van der Waals surface area contributed by atoms with Gasteiger partial charge in [0.25, 0.3) is 5.91 Å². The number of carbonyl (C=O) groups is 2. The van der Waals surface area contributed by atoms with Gasteiger partial charge in [-0.25, -0.2) is 9.97 Å². The van der Waals surface area contributed by atoms with Crippen LogP contribution in [0.15, 0.2) is 67.0 Å². The monoisotopic (exact) mass is 412 g/mol. The highest BCUT2D eigenvalue weighted by Gasteiger charge is 2.58. The fourth-order valence-electron chi connectivity index (χ4n) is 5.06. The molecule has 5 rings (SSSR count). The summed E-state index contributed by atoms with van der Waals surface area (Å²) in [6.07, 6.45) is 5.24. The Hall–Kier alpha value is -3.54. The number of likely N-dealkylation sites (tertiary alicyclic amines) is 1. The number of benzene rings is 2. The quantitative estimate of drug-likeness (QED) is 0.711. The molecule has 3 aromatic rings. The molecule has 156 valence electrons. The van der Waals surface area contributed by atoms with Gasteiger partial charge in [0.1, 0.15) is 5.82 Å². The van der Waals surface area contributed by atoms with Crippen LogP contribution < -0.4 is 5.32 Å².